The minimum Gasteiger partial charge on any atom is -0.491 e. The summed E-state index contributed by atoms with van der Waals surface area (Å²) in [6.45, 7) is 2.34. The molecule has 0 saturated heterocycles. The van der Waals surface area contributed by atoms with Crippen molar-refractivity contribution in [1.29, 1.82) is 0 Å². The molecule has 102 valence electrons. The van der Waals surface area contributed by atoms with E-state index in [-0.39, 0.29) is 11.9 Å². The number of aryl methyl sites for hydroxylation is 1. The summed E-state index contributed by atoms with van der Waals surface area (Å²) in [6, 6.07) is 13.1. The van der Waals surface area contributed by atoms with Gasteiger partial charge >= 0.3 is 0 Å². The lowest BCUT2D eigenvalue weighted by Crippen LogP contribution is -2.30. The molecule has 2 aromatic rings. The first-order valence-corrected chi connectivity index (χ1v) is 6.54. The van der Waals surface area contributed by atoms with E-state index in [0.717, 1.165) is 16.9 Å². The van der Waals surface area contributed by atoms with E-state index in [1.165, 1.54) is 0 Å². The fourth-order valence-corrected chi connectivity index (χ4v) is 2.40. The van der Waals surface area contributed by atoms with Gasteiger partial charge in [-0.2, -0.15) is 0 Å². The molecule has 1 heterocycles. The summed E-state index contributed by atoms with van der Waals surface area (Å²) in [5.41, 5.74) is 8.90. The zero-order valence-electron chi connectivity index (χ0n) is 11.2. The van der Waals surface area contributed by atoms with Crippen molar-refractivity contribution in [2.45, 2.75) is 13.0 Å². The zero-order chi connectivity index (χ0) is 14.1. The largest absolute Gasteiger partial charge is 0.491 e. The molecule has 4 nitrogen and oxygen atoms in total. The van der Waals surface area contributed by atoms with Crippen molar-refractivity contribution in [3.63, 3.8) is 0 Å². The third-order valence-corrected chi connectivity index (χ3v) is 3.57. The quantitative estimate of drug-likeness (QED) is 0.822. The minimum absolute atomic E-state index is 0.126. The molecule has 4 heteroatoms. The van der Waals surface area contributed by atoms with E-state index in [1.807, 2.05) is 43.3 Å². The molecule has 0 aliphatic carbocycles. The number of para-hydroxylation sites is 2. The topological polar surface area (TPSA) is 64.3 Å². The van der Waals surface area contributed by atoms with Crippen molar-refractivity contribution in [2.24, 2.45) is 0 Å². The Morgan fingerprint density at radius 2 is 2.05 bits per heavy atom. The fourth-order valence-electron chi connectivity index (χ4n) is 2.40. The molecule has 20 heavy (non-hydrogen) atoms. The summed E-state index contributed by atoms with van der Waals surface area (Å²) >= 11 is 0. The lowest BCUT2D eigenvalue weighted by atomic mass is 10.1. The van der Waals surface area contributed by atoms with Crippen LogP contribution in [0.25, 0.3) is 0 Å². The first-order chi connectivity index (χ1) is 9.66. The summed E-state index contributed by atoms with van der Waals surface area (Å²) in [5, 5.41) is 2.98. The summed E-state index contributed by atoms with van der Waals surface area (Å²) < 4.78 is 5.56. The molecule has 0 spiro atoms. The second-order valence-electron chi connectivity index (χ2n) is 4.91. The summed E-state index contributed by atoms with van der Waals surface area (Å²) in [4.78, 5) is 12.3. The SMILES string of the molecule is Cc1cccc(C(=O)NC2COc3ccccc32)c1N. The van der Waals surface area contributed by atoms with Gasteiger partial charge in [0.1, 0.15) is 12.4 Å². The lowest BCUT2D eigenvalue weighted by molar-refractivity contribution is 0.0931. The zero-order valence-corrected chi connectivity index (χ0v) is 11.2. The summed E-state index contributed by atoms with van der Waals surface area (Å²) in [5.74, 6) is 0.659. The highest BCUT2D eigenvalue weighted by molar-refractivity contribution is 6.00. The van der Waals surface area contributed by atoms with Crippen LogP contribution in [0.15, 0.2) is 42.5 Å². The van der Waals surface area contributed by atoms with Crippen molar-refractivity contribution < 1.29 is 9.53 Å². The van der Waals surface area contributed by atoms with Crippen LogP contribution in [-0.2, 0) is 0 Å². The van der Waals surface area contributed by atoms with Crippen LogP contribution in [-0.4, -0.2) is 12.5 Å². The molecule has 1 amide bonds. The van der Waals surface area contributed by atoms with Gasteiger partial charge < -0.3 is 15.8 Å². The predicted octanol–water partition coefficient (Wildman–Crippen LogP) is 2.44. The van der Waals surface area contributed by atoms with Crippen LogP contribution >= 0.6 is 0 Å². The highest BCUT2D eigenvalue weighted by Crippen LogP contribution is 2.32. The van der Waals surface area contributed by atoms with Gasteiger partial charge in [0.25, 0.3) is 5.91 Å². The highest BCUT2D eigenvalue weighted by Gasteiger charge is 2.26. The summed E-state index contributed by atoms with van der Waals surface area (Å²) in [7, 11) is 0. The molecule has 1 aliphatic heterocycles. The number of hydrogen-bond donors (Lipinski definition) is 2. The number of fused-ring (bicyclic) bond motifs is 1. The molecule has 2 aromatic carbocycles. The first-order valence-electron chi connectivity index (χ1n) is 6.54. The van der Waals surface area contributed by atoms with Crippen molar-refractivity contribution in [1.82, 2.24) is 5.32 Å². The second kappa shape index (κ2) is 4.89. The molecule has 0 radical (unpaired) electrons. The number of benzene rings is 2. The summed E-state index contributed by atoms with van der Waals surface area (Å²) in [6.07, 6.45) is 0. The van der Waals surface area contributed by atoms with Crippen molar-refractivity contribution >= 4 is 11.6 Å². The third kappa shape index (κ3) is 2.09. The monoisotopic (exact) mass is 268 g/mol. The molecule has 1 atom stereocenters. The van der Waals surface area contributed by atoms with Gasteiger partial charge in [-0.3, -0.25) is 4.79 Å². The minimum atomic E-state index is -0.170. The second-order valence-corrected chi connectivity index (χ2v) is 4.91. The highest BCUT2D eigenvalue weighted by atomic mass is 16.5. The fraction of sp³-hybridized carbons (Fsp3) is 0.188. The van der Waals surface area contributed by atoms with E-state index in [9.17, 15) is 4.79 Å². The van der Waals surface area contributed by atoms with E-state index < -0.39 is 0 Å². The number of carbonyl (C=O) groups is 1. The van der Waals surface area contributed by atoms with Gasteiger partial charge in [-0.1, -0.05) is 30.3 Å². The maximum Gasteiger partial charge on any atom is 0.253 e. The molecular formula is C16H16N2O2. The maximum absolute atomic E-state index is 12.3. The van der Waals surface area contributed by atoms with Gasteiger partial charge in [-0.15, -0.1) is 0 Å². The Labute approximate surface area is 117 Å². The van der Waals surface area contributed by atoms with Crippen molar-refractivity contribution in [3.05, 3.63) is 59.2 Å². The molecule has 1 aliphatic rings. The van der Waals surface area contributed by atoms with E-state index >= 15 is 0 Å². The Bertz CT molecular complexity index is 667. The van der Waals surface area contributed by atoms with Crippen LogP contribution in [0, 0.1) is 6.92 Å². The van der Waals surface area contributed by atoms with Crippen LogP contribution in [0.2, 0.25) is 0 Å². The standard InChI is InChI=1S/C16H16N2O2/c1-10-5-4-7-12(15(10)17)16(19)18-13-9-20-14-8-3-2-6-11(13)14/h2-8,13H,9,17H2,1H3,(H,18,19). The first kappa shape index (κ1) is 12.5. The number of ether oxygens (including phenoxy) is 1. The molecular weight excluding hydrogens is 252 g/mol. The molecule has 0 saturated carbocycles. The Kier molecular flexibility index (Phi) is 3.06. The van der Waals surface area contributed by atoms with Gasteiger partial charge in [0, 0.05) is 11.3 Å². The number of nitrogens with two attached hydrogens (primary N) is 1. The Hall–Kier alpha value is -2.49. The van der Waals surface area contributed by atoms with Crippen LogP contribution in [0.4, 0.5) is 5.69 Å². The van der Waals surface area contributed by atoms with Crippen LogP contribution in [0.3, 0.4) is 0 Å². The Morgan fingerprint density at radius 1 is 1.25 bits per heavy atom. The van der Waals surface area contributed by atoms with Crippen LogP contribution < -0.4 is 15.8 Å². The number of carbonyl (C=O) groups excluding carboxylic acids is 1. The molecule has 3 N–H and O–H groups in total. The average Bonchev–Trinajstić information content (AvgIpc) is 2.85. The number of nitrogens with one attached hydrogen (secondary N) is 1. The van der Waals surface area contributed by atoms with E-state index in [1.54, 1.807) is 6.07 Å². The van der Waals surface area contributed by atoms with Gasteiger partial charge in [-0.25, -0.2) is 0 Å². The number of nitrogen functional groups attached to an aromatic ring is 1. The van der Waals surface area contributed by atoms with Crippen molar-refractivity contribution in [3.8, 4) is 5.75 Å². The lowest BCUT2D eigenvalue weighted by Gasteiger charge is -2.13. The molecule has 3 rings (SSSR count). The van der Waals surface area contributed by atoms with Gasteiger partial charge in [0.15, 0.2) is 0 Å². The number of rotatable bonds is 2. The smallest absolute Gasteiger partial charge is 0.253 e. The normalized spacial score (nSPS) is 16.4. The molecule has 1 unspecified atom stereocenters. The van der Waals surface area contributed by atoms with Crippen molar-refractivity contribution in [2.75, 3.05) is 12.3 Å². The molecule has 0 bridgehead atoms. The maximum atomic E-state index is 12.3. The van der Waals surface area contributed by atoms with Crippen LogP contribution in [0.1, 0.15) is 27.5 Å². The molecule has 0 fully saturated rings. The Balaban J connectivity index is 1.83. The van der Waals surface area contributed by atoms with Crippen LogP contribution in [0.5, 0.6) is 5.75 Å². The predicted molar refractivity (Wildman–Crippen MR) is 77.7 cm³/mol. The average molecular weight is 268 g/mol. The van der Waals surface area contributed by atoms with E-state index in [2.05, 4.69) is 5.32 Å². The third-order valence-electron chi connectivity index (χ3n) is 3.57. The van der Waals surface area contributed by atoms with Gasteiger partial charge in [0.05, 0.1) is 11.6 Å². The number of hydrogen-bond acceptors (Lipinski definition) is 3. The Morgan fingerprint density at radius 3 is 2.90 bits per heavy atom. The van der Waals surface area contributed by atoms with E-state index in [4.69, 9.17) is 10.5 Å². The van der Waals surface area contributed by atoms with E-state index in [0.29, 0.717) is 17.9 Å². The number of amides is 1. The van der Waals surface area contributed by atoms with Gasteiger partial charge in [0.2, 0.25) is 0 Å². The van der Waals surface area contributed by atoms with Gasteiger partial charge in [-0.05, 0) is 24.6 Å². The number of anilines is 1. The molecule has 0 aromatic heterocycles.